The summed E-state index contributed by atoms with van der Waals surface area (Å²) in [4.78, 5) is 38.2. The Morgan fingerprint density at radius 2 is 1.00 bits per heavy atom. The number of hydrogen-bond donors (Lipinski definition) is 5. The predicted octanol–water partition coefficient (Wildman–Crippen LogP) is 3.25. The summed E-state index contributed by atoms with van der Waals surface area (Å²) in [6, 6.07) is 0. The second-order valence-electron chi connectivity index (χ2n) is 6.27. The van der Waals surface area contributed by atoms with E-state index < -0.39 is 17.9 Å². The Morgan fingerprint density at radius 3 is 1.31 bits per heavy atom. The van der Waals surface area contributed by atoms with Crippen LogP contribution in [0.15, 0.2) is 0 Å². The molecule has 9 nitrogen and oxygen atoms in total. The molecule has 0 saturated heterocycles. The Balaban J connectivity index is -0.000000212. The number of carboxylic acid groups (broad SMARTS) is 3. The number of nitrogens with two attached hydrogens (primary N) is 1. The smallest absolute Gasteiger partial charge is 0.300 e. The normalized spacial score (nSPS) is 8.72. The van der Waals surface area contributed by atoms with Crippen molar-refractivity contribution in [3.63, 3.8) is 0 Å². The molecule has 9 heteroatoms. The average molecular weight is 423 g/mol. The number of carboxylic acids is 3. The summed E-state index contributed by atoms with van der Waals surface area (Å²) in [5.41, 5.74) is 5.31. The van der Waals surface area contributed by atoms with Gasteiger partial charge in [-0.2, -0.15) is 0 Å². The van der Waals surface area contributed by atoms with Crippen LogP contribution >= 0.6 is 0 Å². The van der Waals surface area contributed by atoms with E-state index >= 15 is 0 Å². The average Bonchev–Trinajstić information content (AvgIpc) is 2.57. The van der Waals surface area contributed by atoms with Gasteiger partial charge in [-0.3, -0.25) is 19.2 Å². The maximum atomic E-state index is 11.2. The van der Waals surface area contributed by atoms with Crippen molar-refractivity contribution in [2.45, 2.75) is 91.9 Å². The first-order chi connectivity index (χ1) is 13.5. The van der Waals surface area contributed by atoms with Gasteiger partial charge >= 0.3 is 0 Å². The van der Waals surface area contributed by atoms with E-state index in [0.717, 1.165) is 27.2 Å². The molecule has 0 fully saturated rings. The van der Waals surface area contributed by atoms with Crippen molar-refractivity contribution in [1.82, 2.24) is 5.32 Å². The van der Waals surface area contributed by atoms with Gasteiger partial charge in [0.05, 0.1) is 0 Å². The number of amides is 1. The molecule has 0 aliphatic carbocycles. The van der Waals surface area contributed by atoms with Gasteiger partial charge in [-0.1, -0.05) is 58.3 Å². The number of carbonyl (C=O) groups is 4. The van der Waals surface area contributed by atoms with E-state index in [1.807, 2.05) is 0 Å². The Kier molecular flexibility index (Phi) is 36.2. The SMILES string of the molecule is CC(=O)O.CC(=O)O.CC(=O)O.CCCCCCCCCCCC(=O)NCCN. The number of carbonyl (C=O) groups excluding carboxylic acids is 1. The minimum Gasteiger partial charge on any atom is -0.481 e. The predicted molar refractivity (Wildman–Crippen MR) is 114 cm³/mol. The standard InChI is InChI=1S/C14H30N2O.3C2H4O2/c1-2-3-4-5-6-7-8-9-10-11-14(17)16-13-12-15;3*1-2(3)4/h2-13,15H2,1H3,(H,16,17);3*1H3,(H,3,4). The van der Waals surface area contributed by atoms with Crippen LogP contribution in [-0.2, 0) is 19.2 Å². The number of unbranched alkanes of at least 4 members (excludes halogenated alkanes) is 8. The van der Waals surface area contributed by atoms with Crippen LogP contribution in [0.2, 0.25) is 0 Å². The third kappa shape index (κ3) is 89.1. The fraction of sp³-hybridized carbons (Fsp3) is 0.800. The highest BCUT2D eigenvalue weighted by molar-refractivity contribution is 5.75. The molecule has 0 aliphatic rings. The second-order valence-corrected chi connectivity index (χ2v) is 6.27. The number of rotatable bonds is 12. The Bertz CT molecular complexity index is 362. The van der Waals surface area contributed by atoms with E-state index in [0.29, 0.717) is 19.5 Å². The largest absolute Gasteiger partial charge is 0.481 e. The fourth-order valence-corrected chi connectivity index (χ4v) is 1.90. The molecule has 0 aromatic heterocycles. The first kappa shape index (κ1) is 34.4. The van der Waals surface area contributed by atoms with Gasteiger partial charge in [0.2, 0.25) is 5.91 Å². The van der Waals surface area contributed by atoms with Gasteiger partial charge in [-0.05, 0) is 6.42 Å². The zero-order valence-electron chi connectivity index (χ0n) is 18.5. The Hall–Kier alpha value is -2.16. The highest BCUT2D eigenvalue weighted by Gasteiger charge is 1.99. The molecule has 0 aromatic rings. The van der Waals surface area contributed by atoms with E-state index in [2.05, 4.69) is 12.2 Å². The van der Waals surface area contributed by atoms with Gasteiger partial charge in [0, 0.05) is 40.3 Å². The lowest BCUT2D eigenvalue weighted by Gasteiger charge is -2.03. The second kappa shape index (κ2) is 30.6. The lowest BCUT2D eigenvalue weighted by Crippen LogP contribution is -2.28. The first-order valence-corrected chi connectivity index (χ1v) is 10.1. The molecule has 0 bridgehead atoms. The summed E-state index contributed by atoms with van der Waals surface area (Å²) >= 11 is 0. The van der Waals surface area contributed by atoms with Gasteiger partial charge in [-0.25, -0.2) is 0 Å². The molecule has 0 atom stereocenters. The topological polar surface area (TPSA) is 167 Å². The van der Waals surface area contributed by atoms with Gasteiger partial charge in [0.15, 0.2) is 0 Å². The molecular weight excluding hydrogens is 380 g/mol. The van der Waals surface area contributed by atoms with E-state index in [1.54, 1.807) is 0 Å². The fourth-order valence-electron chi connectivity index (χ4n) is 1.90. The highest BCUT2D eigenvalue weighted by atomic mass is 16.4. The zero-order chi connectivity index (χ0) is 23.5. The van der Waals surface area contributed by atoms with Crippen LogP contribution in [0.25, 0.3) is 0 Å². The van der Waals surface area contributed by atoms with Crippen molar-refractivity contribution in [2.75, 3.05) is 13.1 Å². The lowest BCUT2D eigenvalue weighted by atomic mass is 10.1. The van der Waals surface area contributed by atoms with Crippen LogP contribution < -0.4 is 11.1 Å². The maximum Gasteiger partial charge on any atom is 0.300 e. The molecule has 6 N–H and O–H groups in total. The molecule has 0 aromatic carbocycles. The summed E-state index contributed by atoms with van der Waals surface area (Å²) in [5.74, 6) is -2.35. The summed E-state index contributed by atoms with van der Waals surface area (Å²) in [6.45, 7) is 6.63. The molecule has 0 aliphatic heterocycles. The van der Waals surface area contributed by atoms with Gasteiger partial charge < -0.3 is 26.4 Å². The van der Waals surface area contributed by atoms with Crippen molar-refractivity contribution in [3.05, 3.63) is 0 Å². The van der Waals surface area contributed by atoms with Gasteiger partial charge in [-0.15, -0.1) is 0 Å². The summed E-state index contributed by atoms with van der Waals surface area (Å²) < 4.78 is 0. The third-order valence-electron chi connectivity index (χ3n) is 2.97. The minimum absolute atomic E-state index is 0.151. The van der Waals surface area contributed by atoms with E-state index in [1.165, 1.54) is 51.4 Å². The molecule has 0 spiro atoms. The van der Waals surface area contributed by atoms with Crippen LogP contribution in [-0.4, -0.2) is 52.2 Å². The first-order valence-electron chi connectivity index (χ1n) is 10.1. The monoisotopic (exact) mass is 422 g/mol. The van der Waals surface area contributed by atoms with Gasteiger partial charge in [0.1, 0.15) is 0 Å². The third-order valence-corrected chi connectivity index (χ3v) is 2.97. The maximum absolute atomic E-state index is 11.2. The van der Waals surface area contributed by atoms with Crippen LogP contribution in [0, 0.1) is 0 Å². The number of hydrogen-bond acceptors (Lipinski definition) is 5. The van der Waals surface area contributed by atoms with Crippen LogP contribution in [0.5, 0.6) is 0 Å². The van der Waals surface area contributed by atoms with Crippen molar-refractivity contribution in [1.29, 1.82) is 0 Å². The molecule has 0 unspecified atom stereocenters. The van der Waals surface area contributed by atoms with E-state index in [-0.39, 0.29) is 5.91 Å². The lowest BCUT2D eigenvalue weighted by molar-refractivity contribution is -0.135. The highest BCUT2D eigenvalue weighted by Crippen LogP contribution is 2.10. The van der Waals surface area contributed by atoms with Gasteiger partial charge in [0.25, 0.3) is 17.9 Å². The molecule has 0 saturated carbocycles. The Morgan fingerprint density at radius 1 is 0.690 bits per heavy atom. The van der Waals surface area contributed by atoms with Crippen LogP contribution in [0.4, 0.5) is 0 Å². The van der Waals surface area contributed by atoms with Crippen LogP contribution in [0.1, 0.15) is 91.9 Å². The molecule has 174 valence electrons. The van der Waals surface area contributed by atoms with Crippen molar-refractivity contribution in [2.24, 2.45) is 5.73 Å². The molecule has 29 heavy (non-hydrogen) atoms. The van der Waals surface area contributed by atoms with E-state index in [4.69, 9.17) is 35.4 Å². The molecule has 0 heterocycles. The summed E-state index contributed by atoms with van der Waals surface area (Å²) in [6.07, 6.45) is 12.3. The van der Waals surface area contributed by atoms with Crippen molar-refractivity contribution >= 4 is 23.8 Å². The molecule has 1 amide bonds. The summed E-state index contributed by atoms with van der Waals surface area (Å²) in [7, 11) is 0. The van der Waals surface area contributed by atoms with Crippen LogP contribution in [0.3, 0.4) is 0 Å². The minimum atomic E-state index is -0.833. The molecule has 0 radical (unpaired) electrons. The molecular formula is C20H42N2O7. The van der Waals surface area contributed by atoms with Crippen molar-refractivity contribution < 1.29 is 34.5 Å². The zero-order valence-corrected chi connectivity index (χ0v) is 18.5. The van der Waals surface area contributed by atoms with E-state index in [9.17, 15) is 4.79 Å². The Labute approximate surface area is 175 Å². The number of aliphatic carboxylic acids is 3. The van der Waals surface area contributed by atoms with Crippen molar-refractivity contribution in [3.8, 4) is 0 Å². The quantitative estimate of drug-likeness (QED) is 0.299. The summed E-state index contributed by atoms with van der Waals surface area (Å²) in [5, 5.41) is 25.0. The number of nitrogens with one attached hydrogen (secondary N) is 1. The molecule has 0 rings (SSSR count).